The Labute approximate surface area is 118 Å². The van der Waals surface area contributed by atoms with Gasteiger partial charge in [-0.3, -0.25) is 14.2 Å². The lowest BCUT2D eigenvalue weighted by atomic mass is 10.2. The molecule has 6 nitrogen and oxygen atoms in total. The number of carbonyl (C=O) groups excluding carboxylic acids is 1. The number of aryl methyl sites for hydroxylation is 2. The van der Waals surface area contributed by atoms with Crippen LogP contribution in [0.2, 0.25) is 0 Å². The van der Waals surface area contributed by atoms with Gasteiger partial charge in [-0.05, 0) is 19.9 Å². The Balaban J connectivity index is 1.90. The number of nitrogens with zero attached hydrogens (tertiary/aromatic N) is 4. The highest BCUT2D eigenvalue weighted by atomic mass is 16.1. The van der Waals surface area contributed by atoms with E-state index >= 15 is 0 Å². The van der Waals surface area contributed by atoms with E-state index in [0.29, 0.717) is 6.54 Å². The largest absolute Gasteiger partial charge is 0.348 e. The summed E-state index contributed by atoms with van der Waals surface area (Å²) < 4.78 is 3.60. The zero-order chi connectivity index (χ0) is 14.5. The second-order valence-electron chi connectivity index (χ2n) is 4.57. The van der Waals surface area contributed by atoms with Crippen molar-refractivity contribution in [3.05, 3.63) is 41.5 Å². The Morgan fingerprint density at radius 1 is 1.40 bits per heavy atom. The second kappa shape index (κ2) is 6.18. The number of aromatic nitrogens is 4. The SMILES string of the molecule is CCn1ncc(C=CC(=O)NCc2cnn(C)c2)c1C. The Bertz CT molecular complexity index is 623. The van der Waals surface area contributed by atoms with Gasteiger partial charge in [0.1, 0.15) is 0 Å². The van der Waals surface area contributed by atoms with Crippen molar-refractivity contribution in [2.45, 2.75) is 26.9 Å². The van der Waals surface area contributed by atoms with E-state index in [1.54, 1.807) is 23.2 Å². The molecule has 0 saturated carbocycles. The van der Waals surface area contributed by atoms with Gasteiger partial charge >= 0.3 is 0 Å². The fourth-order valence-electron chi connectivity index (χ4n) is 1.92. The van der Waals surface area contributed by atoms with E-state index in [2.05, 4.69) is 15.5 Å². The average Bonchev–Trinajstić information content (AvgIpc) is 3.00. The van der Waals surface area contributed by atoms with Crippen LogP contribution in [0.1, 0.15) is 23.7 Å². The Kier molecular flexibility index (Phi) is 4.34. The number of hydrogen-bond donors (Lipinski definition) is 1. The number of amides is 1. The van der Waals surface area contributed by atoms with Crippen molar-refractivity contribution in [3.63, 3.8) is 0 Å². The first-order valence-corrected chi connectivity index (χ1v) is 6.56. The molecule has 0 bridgehead atoms. The van der Waals surface area contributed by atoms with Crippen molar-refractivity contribution in [1.82, 2.24) is 24.9 Å². The molecule has 0 fully saturated rings. The van der Waals surface area contributed by atoms with Gasteiger partial charge < -0.3 is 5.32 Å². The summed E-state index contributed by atoms with van der Waals surface area (Å²) in [5.41, 5.74) is 3.00. The molecule has 2 aromatic rings. The number of hydrogen-bond acceptors (Lipinski definition) is 3. The number of carbonyl (C=O) groups is 1. The van der Waals surface area contributed by atoms with Crippen molar-refractivity contribution >= 4 is 12.0 Å². The van der Waals surface area contributed by atoms with Gasteiger partial charge in [-0.25, -0.2) is 0 Å². The third-order valence-corrected chi connectivity index (χ3v) is 3.08. The third kappa shape index (κ3) is 3.34. The highest BCUT2D eigenvalue weighted by molar-refractivity contribution is 5.91. The molecule has 0 aliphatic rings. The van der Waals surface area contributed by atoms with Gasteiger partial charge in [0, 0.05) is 49.2 Å². The highest BCUT2D eigenvalue weighted by Crippen LogP contribution is 2.08. The van der Waals surface area contributed by atoms with Crippen LogP contribution < -0.4 is 5.32 Å². The Morgan fingerprint density at radius 2 is 2.20 bits per heavy atom. The van der Waals surface area contributed by atoms with Crippen LogP contribution >= 0.6 is 0 Å². The third-order valence-electron chi connectivity index (χ3n) is 3.08. The van der Waals surface area contributed by atoms with Gasteiger partial charge in [0.15, 0.2) is 0 Å². The molecule has 20 heavy (non-hydrogen) atoms. The first kappa shape index (κ1) is 14.0. The van der Waals surface area contributed by atoms with Crippen molar-refractivity contribution < 1.29 is 4.79 Å². The molecular formula is C14H19N5O. The monoisotopic (exact) mass is 273 g/mol. The Morgan fingerprint density at radius 3 is 2.80 bits per heavy atom. The summed E-state index contributed by atoms with van der Waals surface area (Å²) >= 11 is 0. The van der Waals surface area contributed by atoms with Crippen LogP contribution in [0.25, 0.3) is 6.08 Å². The van der Waals surface area contributed by atoms with Crippen LogP contribution in [0.3, 0.4) is 0 Å². The van der Waals surface area contributed by atoms with Gasteiger partial charge in [0.2, 0.25) is 5.91 Å². The summed E-state index contributed by atoms with van der Waals surface area (Å²) in [6.45, 7) is 5.33. The summed E-state index contributed by atoms with van der Waals surface area (Å²) in [6.07, 6.45) is 8.69. The minimum absolute atomic E-state index is 0.127. The van der Waals surface area contributed by atoms with E-state index in [4.69, 9.17) is 0 Å². The van der Waals surface area contributed by atoms with Crippen LogP contribution in [0.15, 0.2) is 24.7 Å². The maximum Gasteiger partial charge on any atom is 0.244 e. The van der Waals surface area contributed by atoms with Crippen molar-refractivity contribution in [2.24, 2.45) is 7.05 Å². The highest BCUT2D eigenvalue weighted by Gasteiger charge is 2.03. The molecule has 106 valence electrons. The van der Waals surface area contributed by atoms with Crippen molar-refractivity contribution in [3.8, 4) is 0 Å². The zero-order valence-corrected chi connectivity index (χ0v) is 12.0. The van der Waals surface area contributed by atoms with Crippen LogP contribution in [0, 0.1) is 6.92 Å². The lowest BCUT2D eigenvalue weighted by Gasteiger charge is -2.00. The van der Waals surface area contributed by atoms with Crippen LogP contribution in [0.4, 0.5) is 0 Å². The van der Waals surface area contributed by atoms with Gasteiger partial charge in [0.05, 0.1) is 12.4 Å². The molecule has 6 heteroatoms. The molecule has 0 spiro atoms. The molecule has 2 aromatic heterocycles. The molecule has 1 amide bonds. The molecule has 2 rings (SSSR count). The zero-order valence-electron chi connectivity index (χ0n) is 12.0. The van der Waals surface area contributed by atoms with E-state index in [0.717, 1.165) is 23.4 Å². The second-order valence-corrected chi connectivity index (χ2v) is 4.57. The minimum Gasteiger partial charge on any atom is -0.348 e. The molecule has 0 saturated heterocycles. The molecular weight excluding hydrogens is 254 g/mol. The fourth-order valence-corrected chi connectivity index (χ4v) is 1.92. The molecule has 0 radical (unpaired) electrons. The number of nitrogens with one attached hydrogen (secondary N) is 1. The van der Waals surface area contributed by atoms with Gasteiger partial charge in [-0.2, -0.15) is 10.2 Å². The van der Waals surface area contributed by atoms with E-state index in [-0.39, 0.29) is 5.91 Å². The molecule has 2 heterocycles. The summed E-state index contributed by atoms with van der Waals surface area (Å²) in [4.78, 5) is 11.7. The Hall–Kier alpha value is -2.37. The normalized spacial score (nSPS) is 11.2. The van der Waals surface area contributed by atoms with E-state index in [9.17, 15) is 4.79 Å². The lowest BCUT2D eigenvalue weighted by Crippen LogP contribution is -2.19. The molecule has 0 aromatic carbocycles. The molecule has 0 aliphatic carbocycles. The quantitative estimate of drug-likeness (QED) is 0.834. The summed E-state index contributed by atoms with van der Waals surface area (Å²) in [5.74, 6) is -0.127. The van der Waals surface area contributed by atoms with Crippen LogP contribution in [-0.4, -0.2) is 25.5 Å². The van der Waals surface area contributed by atoms with Gasteiger partial charge in [0.25, 0.3) is 0 Å². The van der Waals surface area contributed by atoms with E-state index < -0.39 is 0 Å². The van der Waals surface area contributed by atoms with E-state index in [1.807, 2.05) is 31.8 Å². The van der Waals surface area contributed by atoms with Gasteiger partial charge in [-0.1, -0.05) is 0 Å². The topological polar surface area (TPSA) is 64.7 Å². The maximum atomic E-state index is 11.7. The van der Waals surface area contributed by atoms with Crippen LogP contribution in [-0.2, 0) is 24.9 Å². The lowest BCUT2D eigenvalue weighted by molar-refractivity contribution is -0.116. The first-order chi connectivity index (χ1) is 9.60. The number of rotatable bonds is 5. The molecule has 1 N–H and O–H groups in total. The predicted octanol–water partition coefficient (Wildman–Crippen LogP) is 1.27. The van der Waals surface area contributed by atoms with Crippen LogP contribution in [0.5, 0.6) is 0 Å². The standard InChI is InChI=1S/C14H19N5O/c1-4-19-11(2)13(9-17-19)5-6-14(20)15-7-12-8-16-18(3)10-12/h5-6,8-10H,4,7H2,1-3H3,(H,15,20). The maximum absolute atomic E-state index is 11.7. The summed E-state index contributed by atoms with van der Waals surface area (Å²) in [5, 5.41) is 11.1. The molecule has 0 aliphatic heterocycles. The van der Waals surface area contributed by atoms with Crippen molar-refractivity contribution in [1.29, 1.82) is 0 Å². The smallest absolute Gasteiger partial charge is 0.244 e. The fraction of sp³-hybridized carbons (Fsp3) is 0.357. The predicted molar refractivity (Wildman–Crippen MR) is 76.7 cm³/mol. The molecule has 0 unspecified atom stereocenters. The molecule has 0 atom stereocenters. The summed E-state index contributed by atoms with van der Waals surface area (Å²) in [7, 11) is 1.85. The van der Waals surface area contributed by atoms with E-state index in [1.165, 1.54) is 6.08 Å². The first-order valence-electron chi connectivity index (χ1n) is 6.56. The van der Waals surface area contributed by atoms with Gasteiger partial charge in [-0.15, -0.1) is 0 Å². The minimum atomic E-state index is -0.127. The van der Waals surface area contributed by atoms with Crippen molar-refractivity contribution in [2.75, 3.05) is 0 Å². The summed E-state index contributed by atoms with van der Waals surface area (Å²) in [6, 6.07) is 0. The average molecular weight is 273 g/mol.